The van der Waals surface area contributed by atoms with Crippen LogP contribution in [-0.4, -0.2) is 29.3 Å². The van der Waals surface area contributed by atoms with Gasteiger partial charge in [-0.25, -0.2) is 9.38 Å². The molecule has 1 aliphatic carbocycles. The molecule has 1 aliphatic heterocycles. The standard InChI is InChI=1S/C14H16FNO2/c15-10-3-1-2-9(6-10)7-14-16-12-5-4-11(17)8-13(12)18-14/h1-3,6,11-13,17H,4-5,7-8H2. The number of ether oxygens (including phenoxy) is 1. The largest absolute Gasteiger partial charge is 0.475 e. The van der Waals surface area contributed by atoms with Crippen LogP contribution in [0.25, 0.3) is 0 Å². The molecule has 3 unspecified atom stereocenters. The van der Waals surface area contributed by atoms with Crippen LogP contribution >= 0.6 is 0 Å². The SMILES string of the molecule is OC1CCC2N=C(Cc3cccc(F)c3)OC2C1. The number of halogens is 1. The van der Waals surface area contributed by atoms with Gasteiger partial charge < -0.3 is 9.84 Å². The van der Waals surface area contributed by atoms with E-state index in [-0.39, 0.29) is 24.1 Å². The van der Waals surface area contributed by atoms with Gasteiger partial charge in [0.15, 0.2) is 5.90 Å². The summed E-state index contributed by atoms with van der Waals surface area (Å²) >= 11 is 0. The zero-order valence-corrected chi connectivity index (χ0v) is 10.1. The van der Waals surface area contributed by atoms with Gasteiger partial charge in [0.25, 0.3) is 0 Å². The molecule has 1 N–H and O–H groups in total. The van der Waals surface area contributed by atoms with Gasteiger partial charge >= 0.3 is 0 Å². The molecular weight excluding hydrogens is 233 g/mol. The Morgan fingerprint density at radius 3 is 3.11 bits per heavy atom. The van der Waals surface area contributed by atoms with Gasteiger partial charge in [-0.05, 0) is 30.5 Å². The molecule has 18 heavy (non-hydrogen) atoms. The van der Waals surface area contributed by atoms with Crippen molar-refractivity contribution in [3.63, 3.8) is 0 Å². The van der Waals surface area contributed by atoms with E-state index in [9.17, 15) is 9.50 Å². The summed E-state index contributed by atoms with van der Waals surface area (Å²) in [6.45, 7) is 0. The fraction of sp³-hybridized carbons (Fsp3) is 0.500. The maximum atomic E-state index is 13.1. The Balaban J connectivity index is 1.68. The third kappa shape index (κ3) is 2.38. The molecule has 1 aromatic rings. The normalized spacial score (nSPS) is 30.6. The van der Waals surface area contributed by atoms with Gasteiger partial charge in [0, 0.05) is 12.8 Å². The molecule has 1 heterocycles. The van der Waals surface area contributed by atoms with Crippen molar-refractivity contribution in [2.75, 3.05) is 0 Å². The zero-order valence-electron chi connectivity index (χ0n) is 10.1. The van der Waals surface area contributed by atoms with Gasteiger partial charge in [0.05, 0.1) is 12.1 Å². The average Bonchev–Trinajstić information content (AvgIpc) is 2.70. The van der Waals surface area contributed by atoms with Gasteiger partial charge in [-0.1, -0.05) is 12.1 Å². The van der Waals surface area contributed by atoms with E-state index in [4.69, 9.17) is 4.74 Å². The van der Waals surface area contributed by atoms with Crippen LogP contribution in [0.1, 0.15) is 24.8 Å². The van der Waals surface area contributed by atoms with Gasteiger partial charge in [0.1, 0.15) is 11.9 Å². The zero-order chi connectivity index (χ0) is 12.5. The number of aliphatic hydroxyl groups is 1. The second-order valence-corrected chi connectivity index (χ2v) is 5.02. The number of aliphatic imine (C=N–C) groups is 1. The van der Waals surface area contributed by atoms with Crippen molar-refractivity contribution in [1.82, 2.24) is 0 Å². The molecule has 3 atom stereocenters. The number of rotatable bonds is 2. The van der Waals surface area contributed by atoms with E-state index >= 15 is 0 Å². The first-order valence-corrected chi connectivity index (χ1v) is 6.36. The van der Waals surface area contributed by atoms with E-state index in [0.29, 0.717) is 18.7 Å². The Morgan fingerprint density at radius 1 is 1.39 bits per heavy atom. The van der Waals surface area contributed by atoms with Crippen LogP contribution < -0.4 is 0 Å². The Hall–Kier alpha value is -1.42. The highest BCUT2D eigenvalue weighted by molar-refractivity contribution is 5.80. The minimum atomic E-state index is -0.269. The van der Waals surface area contributed by atoms with Crippen LogP contribution in [0.15, 0.2) is 29.3 Å². The van der Waals surface area contributed by atoms with E-state index in [1.165, 1.54) is 12.1 Å². The minimum Gasteiger partial charge on any atom is -0.475 e. The summed E-state index contributed by atoms with van der Waals surface area (Å²) in [5.74, 6) is 0.434. The fourth-order valence-corrected chi connectivity index (χ4v) is 2.67. The molecule has 2 aliphatic rings. The summed E-state index contributed by atoms with van der Waals surface area (Å²) < 4.78 is 18.8. The summed E-state index contributed by atoms with van der Waals surface area (Å²) in [7, 11) is 0. The lowest BCUT2D eigenvalue weighted by Crippen LogP contribution is -2.33. The molecular formula is C14H16FNO2. The lowest BCUT2D eigenvalue weighted by atomic mass is 9.91. The quantitative estimate of drug-likeness (QED) is 0.872. The van der Waals surface area contributed by atoms with Crippen LogP contribution in [0.5, 0.6) is 0 Å². The molecule has 0 spiro atoms. The van der Waals surface area contributed by atoms with Crippen molar-refractivity contribution in [1.29, 1.82) is 0 Å². The van der Waals surface area contributed by atoms with Crippen LogP contribution in [0, 0.1) is 5.82 Å². The second kappa shape index (κ2) is 4.69. The molecule has 3 nitrogen and oxygen atoms in total. The highest BCUT2D eigenvalue weighted by Crippen LogP contribution is 2.29. The van der Waals surface area contributed by atoms with Crippen molar-refractivity contribution >= 4 is 5.90 Å². The van der Waals surface area contributed by atoms with Crippen molar-refractivity contribution < 1.29 is 14.2 Å². The highest BCUT2D eigenvalue weighted by Gasteiger charge is 2.36. The molecule has 0 aromatic heterocycles. The molecule has 0 bridgehead atoms. The van der Waals surface area contributed by atoms with Crippen LogP contribution in [0.4, 0.5) is 4.39 Å². The van der Waals surface area contributed by atoms with Crippen molar-refractivity contribution in [3.05, 3.63) is 35.6 Å². The van der Waals surface area contributed by atoms with E-state index in [0.717, 1.165) is 18.4 Å². The van der Waals surface area contributed by atoms with Crippen LogP contribution in [-0.2, 0) is 11.2 Å². The lowest BCUT2D eigenvalue weighted by Gasteiger charge is -2.26. The fourth-order valence-electron chi connectivity index (χ4n) is 2.67. The summed E-state index contributed by atoms with van der Waals surface area (Å²) in [5, 5.41) is 9.59. The van der Waals surface area contributed by atoms with Crippen LogP contribution in [0.3, 0.4) is 0 Å². The Morgan fingerprint density at radius 2 is 2.28 bits per heavy atom. The van der Waals surface area contributed by atoms with E-state index in [1.54, 1.807) is 6.07 Å². The maximum absolute atomic E-state index is 13.1. The summed E-state index contributed by atoms with van der Waals surface area (Å²) in [6, 6.07) is 6.67. The molecule has 1 fully saturated rings. The highest BCUT2D eigenvalue weighted by atomic mass is 19.1. The van der Waals surface area contributed by atoms with Gasteiger partial charge in [0.2, 0.25) is 0 Å². The van der Waals surface area contributed by atoms with Gasteiger partial charge in [-0.3, -0.25) is 0 Å². The van der Waals surface area contributed by atoms with Crippen LogP contribution in [0.2, 0.25) is 0 Å². The number of nitrogens with zero attached hydrogens (tertiary/aromatic N) is 1. The Bertz CT molecular complexity index is 475. The number of hydrogen-bond acceptors (Lipinski definition) is 3. The summed E-state index contributed by atoms with van der Waals surface area (Å²) in [4.78, 5) is 4.53. The molecule has 4 heteroatoms. The third-order valence-electron chi connectivity index (χ3n) is 3.57. The number of hydrogen-bond donors (Lipinski definition) is 1. The molecule has 0 saturated heterocycles. The third-order valence-corrected chi connectivity index (χ3v) is 3.57. The maximum Gasteiger partial charge on any atom is 0.188 e. The first-order chi connectivity index (χ1) is 8.70. The topological polar surface area (TPSA) is 41.8 Å². The minimum absolute atomic E-state index is 0.0114. The number of aliphatic hydroxyl groups excluding tert-OH is 1. The molecule has 3 rings (SSSR count). The van der Waals surface area contributed by atoms with Crippen molar-refractivity contribution in [2.45, 2.75) is 43.9 Å². The van der Waals surface area contributed by atoms with E-state index in [2.05, 4.69) is 4.99 Å². The van der Waals surface area contributed by atoms with E-state index in [1.807, 2.05) is 6.07 Å². The smallest absolute Gasteiger partial charge is 0.188 e. The molecule has 1 saturated carbocycles. The number of fused-ring (bicyclic) bond motifs is 1. The molecule has 0 amide bonds. The predicted molar refractivity (Wildman–Crippen MR) is 66.1 cm³/mol. The molecule has 0 radical (unpaired) electrons. The Labute approximate surface area is 105 Å². The Kier molecular flexibility index (Phi) is 3.04. The summed E-state index contributed by atoms with van der Waals surface area (Å²) in [5.41, 5.74) is 0.868. The second-order valence-electron chi connectivity index (χ2n) is 5.02. The first kappa shape index (κ1) is 11.7. The van der Waals surface area contributed by atoms with Gasteiger partial charge in [-0.15, -0.1) is 0 Å². The lowest BCUT2D eigenvalue weighted by molar-refractivity contribution is 0.0497. The first-order valence-electron chi connectivity index (χ1n) is 6.36. The van der Waals surface area contributed by atoms with Crippen molar-refractivity contribution in [3.8, 4) is 0 Å². The molecule has 1 aromatic carbocycles. The molecule has 96 valence electrons. The van der Waals surface area contributed by atoms with Gasteiger partial charge in [-0.2, -0.15) is 0 Å². The average molecular weight is 249 g/mol. The van der Waals surface area contributed by atoms with E-state index < -0.39 is 0 Å². The number of benzene rings is 1. The monoisotopic (exact) mass is 249 g/mol. The summed E-state index contributed by atoms with van der Waals surface area (Å²) in [6.07, 6.45) is 2.59. The van der Waals surface area contributed by atoms with Crippen molar-refractivity contribution in [2.24, 2.45) is 4.99 Å². The predicted octanol–water partition coefficient (Wildman–Crippen LogP) is 2.08.